The molecule has 2 aromatic rings. The molecule has 0 saturated heterocycles. The molecule has 0 spiro atoms. The van der Waals surface area contributed by atoms with Crippen molar-refractivity contribution in [3.8, 4) is 0 Å². The molecule has 2 rings (SSSR count). The quantitative estimate of drug-likeness (QED) is 0.921. The van der Waals surface area contributed by atoms with Gasteiger partial charge in [0.05, 0.1) is 10.9 Å². The van der Waals surface area contributed by atoms with E-state index in [1.54, 1.807) is 19.2 Å². The summed E-state index contributed by atoms with van der Waals surface area (Å²) >= 11 is 1.25. The lowest BCUT2D eigenvalue weighted by molar-refractivity contribution is -0.136. The van der Waals surface area contributed by atoms with Gasteiger partial charge in [0.15, 0.2) is 0 Å². The fourth-order valence-electron chi connectivity index (χ4n) is 1.61. The van der Waals surface area contributed by atoms with Crippen molar-refractivity contribution < 1.29 is 9.90 Å². The van der Waals surface area contributed by atoms with Crippen LogP contribution in [-0.4, -0.2) is 25.7 Å². The predicted octanol–water partition coefficient (Wildman–Crippen LogP) is 1.71. The summed E-state index contributed by atoms with van der Waals surface area (Å²) in [4.78, 5) is 27.0. The molecule has 0 aliphatic rings. The third kappa shape index (κ3) is 3.14. The number of hydrogen-bond donors (Lipinski definition) is 1. The Kier molecular flexibility index (Phi) is 3.90. The number of aryl methyl sites for hydroxylation is 1. The first-order valence-electron chi connectivity index (χ1n) is 5.81. The molecule has 0 fully saturated rings. The Morgan fingerprint density at radius 3 is 2.95 bits per heavy atom. The largest absolute Gasteiger partial charge is 0.480 e. The summed E-state index contributed by atoms with van der Waals surface area (Å²) in [6.07, 6.45) is 1.74. The lowest BCUT2D eigenvalue weighted by Gasteiger charge is -2.07. The first kappa shape index (κ1) is 13.6. The predicted molar refractivity (Wildman–Crippen MR) is 74.6 cm³/mol. The first-order valence-corrected chi connectivity index (χ1v) is 6.85. The molecule has 0 saturated carbocycles. The molecule has 0 aliphatic heterocycles. The average Bonchev–Trinajstić information content (AvgIpc) is 2.36. The Labute approximate surface area is 114 Å². The van der Waals surface area contributed by atoms with Crippen molar-refractivity contribution in [1.29, 1.82) is 0 Å². The van der Waals surface area contributed by atoms with Crippen LogP contribution in [0, 0.1) is 6.92 Å². The summed E-state index contributed by atoms with van der Waals surface area (Å²) in [5.74, 6) is -0.453. The molecule has 0 aromatic carbocycles. The van der Waals surface area contributed by atoms with E-state index in [0.717, 1.165) is 5.56 Å². The molecule has 19 heavy (non-hydrogen) atoms. The normalized spacial score (nSPS) is 12.5. The third-order valence-electron chi connectivity index (χ3n) is 2.69. The van der Waals surface area contributed by atoms with Crippen LogP contribution < -0.4 is 5.56 Å². The second kappa shape index (κ2) is 5.44. The number of rotatable bonds is 4. The topological polar surface area (TPSA) is 71.7 Å². The highest BCUT2D eigenvalue weighted by Crippen LogP contribution is 2.16. The highest BCUT2D eigenvalue weighted by atomic mass is 32.2. The van der Waals surface area contributed by atoms with Crippen LogP contribution in [0.1, 0.15) is 18.2 Å². The Hall–Kier alpha value is -1.82. The summed E-state index contributed by atoms with van der Waals surface area (Å²) in [6.45, 7) is 3.52. The van der Waals surface area contributed by atoms with Crippen LogP contribution in [0.2, 0.25) is 0 Å². The molecular formula is C13H14N2O3S. The minimum Gasteiger partial charge on any atom is -0.480 e. The van der Waals surface area contributed by atoms with E-state index in [4.69, 9.17) is 5.11 Å². The number of aromatic nitrogens is 2. The van der Waals surface area contributed by atoms with E-state index in [9.17, 15) is 9.59 Å². The number of nitrogens with zero attached hydrogens (tertiary/aromatic N) is 2. The molecule has 0 aliphatic carbocycles. The summed E-state index contributed by atoms with van der Waals surface area (Å²) in [7, 11) is 0. The second-order valence-corrected chi connectivity index (χ2v) is 5.64. The standard InChI is InChI=1S/C13H14N2O3S/c1-8-3-4-11-14-10(5-12(16)15(11)6-8)7-19-9(2)13(17)18/h3-6,9H,7H2,1-2H3,(H,17,18). The zero-order chi connectivity index (χ0) is 14.0. The number of aliphatic carboxylic acids is 1. The van der Waals surface area contributed by atoms with E-state index in [1.165, 1.54) is 22.2 Å². The zero-order valence-corrected chi connectivity index (χ0v) is 11.5. The van der Waals surface area contributed by atoms with E-state index in [-0.39, 0.29) is 5.56 Å². The number of carbonyl (C=O) groups is 1. The van der Waals surface area contributed by atoms with Crippen molar-refractivity contribution in [3.63, 3.8) is 0 Å². The van der Waals surface area contributed by atoms with Crippen LogP contribution in [0.15, 0.2) is 29.2 Å². The molecule has 1 N–H and O–H groups in total. The molecule has 2 aromatic heterocycles. The van der Waals surface area contributed by atoms with Gasteiger partial charge in [-0.3, -0.25) is 14.0 Å². The molecule has 6 heteroatoms. The van der Waals surface area contributed by atoms with Crippen molar-refractivity contribution >= 4 is 23.4 Å². The Balaban J connectivity index is 2.29. The zero-order valence-electron chi connectivity index (χ0n) is 10.7. The van der Waals surface area contributed by atoms with Crippen LogP contribution in [-0.2, 0) is 10.5 Å². The number of carboxylic acids is 1. The van der Waals surface area contributed by atoms with Gasteiger partial charge in [0.25, 0.3) is 5.56 Å². The molecule has 2 heterocycles. The SMILES string of the molecule is Cc1ccc2nc(CSC(C)C(=O)O)cc(=O)n2c1. The summed E-state index contributed by atoms with van der Waals surface area (Å²) in [5.41, 5.74) is 2.02. The first-order chi connectivity index (χ1) is 8.97. The highest BCUT2D eigenvalue weighted by Gasteiger charge is 2.12. The molecule has 100 valence electrons. The van der Waals surface area contributed by atoms with Crippen LogP contribution in [0.5, 0.6) is 0 Å². The van der Waals surface area contributed by atoms with E-state index in [2.05, 4.69) is 4.98 Å². The van der Waals surface area contributed by atoms with E-state index in [1.807, 2.05) is 13.0 Å². The van der Waals surface area contributed by atoms with Crippen molar-refractivity contribution in [1.82, 2.24) is 9.38 Å². The van der Waals surface area contributed by atoms with E-state index in [0.29, 0.717) is 17.1 Å². The lowest BCUT2D eigenvalue weighted by atomic mass is 10.3. The minimum absolute atomic E-state index is 0.146. The van der Waals surface area contributed by atoms with Crippen molar-refractivity contribution in [2.75, 3.05) is 0 Å². The lowest BCUT2D eigenvalue weighted by Crippen LogP contribution is -2.16. The molecule has 0 bridgehead atoms. The molecule has 1 atom stereocenters. The Bertz CT molecular complexity index is 681. The molecule has 0 radical (unpaired) electrons. The van der Waals surface area contributed by atoms with Crippen LogP contribution in [0.4, 0.5) is 0 Å². The van der Waals surface area contributed by atoms with Gasteiger partial charge in [-0.05, 0) is 25.5 Å². The maximum absolute atomic E-state index is 11.9. The van der Waals surface area contributed by atoms with Crippen molar-refractivity contribution in [3.05, 3.63) is 46.0 Å². The average molecular weight is 278 g/mol. The van der Waals surface area contributed by atoms with E-state index < -0.39 is 11.2 Å². The summed E-state index contributed by atoms with van der Waals surface area (Å²) in [5, 5.41) is 8.29. The maximum atomic E-state index is 11.9. The van der Waals surface area contributed by atoms with Crippen LogP contribution in [0.3, 0.4) is 0 Å². The van der Waals surface area contributed by atoms with Crippen LogP contribution >= 0.6 is 11.8 Å². The number of hydrogen-bond acceptors (Lipinski definition) is 4. The number of pyridine rings is 1. The Morgan fingerprint density at radius 1 is 1.53 bits per heavy atom. The molecule has 0 amide bonds. The van der Waals surface area contributed by atoms with Gasteiger partial charge < -0.3 is 5.11 Å². The summed E-state index contributed by atoms with van der Waals surface area (Å²) < 4.78 is 1.49. The molecule has 5 nitrogen and oxygen atoms in total. The fourth-order valence-corrected chi connectivity index (χ4v) is 2.33. The number of fused-ring (bicyclic) bond motifs is 1. The van der Waals surface area contributed by atoms with Gasteiger partial charge in [-0.15, -0.1) is 11.8 Å². The summed E-state index contributed by atoms with van der Waals surface area (Å²) in [6, 6.07) is 5.12. The van der Waals surface area contributed by atoms with Gasteiger partial charge in [-0.1, -0.05) is 6.07 Å². The van der Waals surface area contributed by atoms with Gasteiger partial charge in [0, 0.05) is 18.0 Å². The number of thioether (sulfide) groups is 1. The minimum atomic E-state index is -0.863. The van der Waals surface area contributed by atoms with E-state index >= 15 is 0 Å². The molecular weight excluding hydrogens is 264 g/mol. The second-order valence-electron chi connectivity index (χ2n) is 4.31. The van der Waals surface area contributed by atoms with Crippen molar-refractivity contribution in [2.45, 2.75) is 24.9 Å². The highest BCUT2D eigenvalue weighted by molar-refractivity contribution is 7.99. The maximum Gasteiger partial charge on any atom is 0.316 e. The Morgan fingerprint density at radius 2 is 2.26 bits per heavy atom. The number of carboxylic acid groups (broad SMARTS) is 1. The van der Waals surface area contributed by atoms with Gasteiger partial charge in [-0.25, -0.2) is 4.98 Å². The third-order valence-corrected chi connectivity index (χ3v) is 3.85. The van der Waals surface area contributed by atoms with Gasteiger partial charge in [-0.2, -0.15) is 0 Å². The van der Waals surface area contributed by atoms with Gasteiger partial charge in [0.1, 0.15) is 5.65 Å². The van der Waals surface area contributed by atoms with Gasteiger partial charge >= 0.3 is 5.97 Å². The monoisotopic (exact) mass is 278 g/mol. The van der Waals surface area contributed by atoms with Crippen LogP contribution in [0.25, 0.3) is 5.65 Å². The molecule has 1 unspecified atom stereocenters. The fraction of sp³-hybridized carbons (Fsp3) is 0.308. The van der Waals surface area contributed by atoms with Crippen molar-refractivity contribution in [2.24, 2.45) is 0 Å². The smallest absolute Gasteiger partial charge is 0.316 e. The van der Waals surface area contributed by atoms with Gasteiger partial charge in [0.2, 0.25) is 0 Å².